The standard InChI is InChI=1S/C16H13ClINO2/c1-20-14-8-11(17)6-10-7-13(21-16(10)14)15(19)9-2-4-12(18)5-3-9/h2-8,15H,19H2,1H3. The van der Waals surface area contributed by atoms with E-state index in [2.05, 4.69) is 22.6 Å². The Balaban J connectivity index is 2.06. The van der Waals surface area contributed by atoms with Crippen molar-refractivity contribution in [1.29, 1.82) is 0 Å². The first kappa shape index (κ1) is 14.7. The summed E-state index contributed by atoms with van der Waals surface area (Å²) in [5.41, 5.74) is 7.95. The van der Waals surface area contributed by atoms with Crippen molar-refractivity contribution in [2.75, 3.05) is 7.11 Å². The lowest BCUT2D eigenvalue weighted by molar-refractivity contribution is 0.406. The molecule has 0 fully saturated rings. The lowest BCUT2D eigenvalue weighted by atomic mass is 10.1. The van der Waals surface area contributed by atoms with Gasteiger partial charge in [-0.1, -0.05) is 23.7 Å². The molecule has 1 aromatic heterocycles. The van der Waals surface area contributed by atoms with Gasteiger partial charge in [0, 0.05) is 20.0 Å². The van der Waals surface area contributed by atoms with Gasteiger partial charge in [-0.3, -0.25) is 0 Å². The van der Waals surface area contributed by atoms with E-state index in [0.717, 1.165) is 10.9 Å². The second-order valence-electron chi connectivity index (χ2n) is 4.70. The Morgan fingerprint density at radius 1 is 1.19 bits per heavy atom. The van der Waals surface area contributed by atoms with E-state index >= 15 is 0 Å². The molecule has 21 heavy (non-hydrogen) atoms. The van der Waals surface area contributed by atoms with Crippen molar-refractivity contribution in [3.8, 4) is 5.75 Å². The monoisotopic (exact) mass is 413 g/mol. The van der Waals surface area contributed by atoms with Gasteiger partial charge in [-0.15, -0.1) is 0 Å². The van der Waals surface area contributed by atoms with Crippen LogP contribution < -0.4 is 10.5 Å². The van der Waals surface area contributed by atoms with Crippen molar-refractivity contribution in [1.82, 2.24) is 0 Å². The van der Waals surface area contributed by atoms with E-state index in [4.69, 9.17) is 26.5 Å². The van der Waals surface area contributed by atoms with Crippen LogP contribution >= 0.6 is 34.2 Å². The Hall–Kier alpha value is -1.24. The van der Waals surface area contributed by atoms with Crippen molar-refractivity contribution in [3.05, 3.63) is 62.4 Å². The fourth-order valence-corrected chi connectivity index (χ4v) is 2.82. The summed E-state index contributed by atoms with van der Waals surface area (Å²) >= 11 is 8.34. The van der Waals surface area contributed by atoms with E-state index in [1.54, 1.807) is 13.2 Å². The molecule has 0 aliphatic rings. The third-order valence-electron chi connectivity index (χ3n) is 3.32. The topological polar surface area (TPSA) is 48.4 Å². The summed E-state index contributed by atoms with van der Waals surface area (Å²) in [5, 5.41) is 1.49. The summed E-state index contributed by atoms with van der Waals surface area (Å²) in [5.74, 6) is 1.30. The maximum Gasteiger partial charge on any atom is 0.176 e. The molecular weight excluding hydrogens is 401 g/mol. The van der Waals surface area contributed by atoms with E-state index in [0.29, 0.717) is 22.1 Å². The fraction of sp³-hybridized carbons (Fsp3) is 0.125. The summed E-state index contributed by atoms with van der Waals surface area (Å²) in [6, 6.07) is 13.2. The van der Waals surface area contributed by atoms with Gasteiger partial charge in [-0.25, -0.2) is 0 Å². The number of nitrogens with two attached hydrogens (primary N) is 1. The number of halogens is 2. The molecule has 0 amide bonds. The number of furan rings is 1. The molecule has 0 saturated heterocycles. The molecule has 5 heteroatoms. The number of fused-ring (bicyclic) bond motifs is 1. The van der Waals surface area contributed by atoms with Crippen LogP contribution in [-0.4, -0.2) is 7.11 Å². The predicted octanol–water partition coefficient (Wildman–Crippen LogP) is 4.75. The van der Waals surface area contributed by atoms with Crippen molar-refractivity contribution >= 4 is 45.2 Å². The Labute approximate surface area is 141 Å². The highest BCUT2D eigenvalue weighted by Gasteiger charge is 2.17. The van der Waals surface area contributed by atoms with Gasteiger partial charge in [0.15, 0.2) is 11.3 Å². The third kappa shape index (κ3) is 2.88. The molecule has 108 valence electrons. The van der Waals surface area contributed by atoms with Crippen LogP contribution in [0.3, 0.4) is 0 Å². The normalized spacial score (nSPS) is 12.6. The van der Waals surface area contributed by atoms with Gasteiger partial charge in [0.05, 0.1) is 13.2 Å². The van der Waals surface area contributed by atoms with Crippen molar-refractivity contribution in [3.63, 3.8) is 0 Å². The molecule has 0 spiro atoms. The van der Waals surface area contributed by atoms with E-state index in [1.807, 2.05) is 36.4 Å². The van der Waals surface area contributed by atoms with E-state index in [-0.39, 0.29) is 6.04 Å². The molecule has 0 saturated carbocycles. The summed E-state index contributed by atoms with van der Waals surface area (Å²) < 4.78 is 12.4. The first-order valence-corrected chi connectivity index (χ1v) is 7.82. The minimum absolute atomic E-state index is 0.321. The highest BCUT2D eigenvalue weighted by molar-refractivity contribution is 14.1. The molecule has 0 aliphatic carbocycles. The number of ether oxygens (including phenoxy) is 1. The van der Waals surface area contributed by atoms with Crippen LogP contribution in [0.5, 0.6) is 5.75 Å². The summed E-state index contributed by atoms with van der Waals surface area (Å²) in [6.45, 7) is 0. The minimum atomic E-state index is -0.321. The number of methoxy groups -OCH3 is 1. The molecule has 2 aromatic carbocycles. The maximum absolute atomic E-state index is 6.29. The van der Waals surface area contributed by atoms with E-state index in [9.17, 15) is 0 Å². The molecule has 1 atom stereocenters. The second kappa shape index (κ2) is 5.87. The summed E-state index contributed by atoms with van der Waals surface area (Å²) in [7, 11) is 1.59. The number of hydrogen-bond acceptors (Lipinski definition) is 3. The molecule has 0 bridgehead atoms. The molecule has 0 aliphatic heterocycles. The molecule has 2 N–H and O–H groups in total. The minimum Gasteiger partial charge on any atom is -0.493 e. The SMILES string of the molecule is COc1cc(Cl)cc2cc(C(N)c3ccc(I)cc3)oc12. The molecule has 1 heterocycles. The van der Waals surface area contributed by atoms with Gasteiger partial charge < -0.3 is 14.9 Å². The molecule has 3 nitrogen and oxygen atoms in total. The zero-order valence-corrected chi connectivity index (χ0v) is 14.2. The van der Waals surface area contributed by atoms with Crippen molar-refractivity contribution < 1.29 is 9.15 Å². The quantitative estimate of drug-likeness (QED) is 0.631. The van der Waals surface area contributed by atoms with Crippen LogP contribution in [0.4, 0.5) is 0 Å². The van der Waals surface area contributed by atoms with Gasteiger partial charge in [0.1, 0.15) is 5.76 Å². The zero-order valence-electron chi connectivity index (χ0n) is 11.3. The van der Waals surface area contributed by atoms with Gasteiger partial charge >= 0.3 is 0 Å². The smallest absolute Gasteiger partial charge is 0.176 e. The lowest BCUT2D eigenvalue weighted by Crippen LogP contribution is -2.10. The van der Waals surface area contributed by atoms with Crippen LogP contribution in [-0.2, 0) is 0 Å². The Morgan fingerprint density at radius 3 is 2.57 bits per heavy atom. The fourth-order valence-electron chi connectivity index (χ4n) is 2.25. The van der Waals surface area contributed by atoms with Crippen LogP contribution in [0, 0.1) is 3.57 Å². The van der Waals surface area contributed by atoms with E-state index < -0.39 is 0 Å². The molecule has 3 aromatic rings. The van der Waals surface area contributed by atoms with Crippen LogP contribution in [0.2, 0.25) is 5.02 Å². The summed E-state index contributed by atoms with van der Waals surface area (Å²) in [6.07, 6.45) is 0. The molecule has 3 rings (SSSR count). The van der Waals surface area contributed by atoms with Gasteiger partial charge in [0.2, 0.25) is 0 Å². The van der Waals surface area contributed by atoms with Gasteiger partial charge in [0.25, 0.3) is 0 Å². The van der Waals surface area contributed by atoms with Crippen molar-refractivity contribution in [2.45, 2.75) is 6.04 Å². The molecule has 1 unspecified atom stereocenters. The number of rotatable bonds is 3. The summed E-state index contributed by atoms with van der Waals surface area (Å²) in [4.78, 5) is 0. The average Bonchev–Trinajstić information content (AvgIpc) is 2.90. The van der Waals surface area contributed by atoms with Gasteiger partial charge in [-0.2, -0.15) is 0 Å². The molecule has 0 radical (unpaired) electrons. The molecular formula is C16H13ClINO2. The Morgan fingerprint density at radius 2 is 1.90 bits per heavy atom. The Bertz CT molecular complexity index is 783. The largest absolute Gasteiger partial charge is 0.493 e. The number of benzene rings is 2. The average molecular weight is 414 g/mol. The first-order valence-electron chi connectivity index (χ1n) is 6.36. The number of hydrogen-bond donors (Lipinski definition) is 1. The highest BCUT2D eigenvalue weighted by Crippen LogP contribution is 2.35. The third-order valence-corrected chi connectivity index (χ3v) is 4.26. The first-order chi connectivity index (χ1) is 10.1. The zero-order chi connectivity index (χ0) is 15.0. The van der Waals surface area contributed by atoms with Crippen LogP contribution in [0.15, 0.2) is 46.9 Å². The second-order valence-corrected chi connectivity index (χ2v) is 6.39. The highest BCUT2D eigenvalue weighted by atomic mass is 127. The van der Waals surface area contributed by atoms with Gasteiger partial charge in [-0.05, 0) is 52.4 Å². The predicted molar refractivity (Wildman–Crippen MR) is 93.0 cm³/mol. The van der Waals surface area contributed by atoms with Crippen LogP contribution in [0.1, 0.15) is 17.4 Å². The van der Waals surface area contributed by atoms with Crippen molar-refractivity contribution in [2.24, 2.45) is 5.73 Å². The lowest BCUT2D eigenvalue weighted by Gasteiger charge is -2.08. The van der Waals surface area contributed by atoms with Crippen LogP contribution in [0.25, 0.3) is 11.0 Å². The Kier molecular flexibility index (Phi) is 4.10. The maximum atomic E-state index is 6.29. The van der Waals surface area contributed by atoms with E-state index in [1.165, 1.54) is 3.57 Å².